The molecule has 0 radical (unpaired) electrons. The molecule has 2 rings (SSSR count). The number of rotatable bonds is 7. The van der Waals surface area contributed by atoms with Gasteiger partial charge in [-0.1, -0.05) is 19.1 Å². The van der Waals surface area contributed by atoms with E-state index in [0.29, 0.717) is 12.4 Å². The first-order chi connectivity index (χ1) is 10.6. The number of nitrogens with one attached hydrogen (secondary N) is 1. The Labute approximate surface area is 128 Å². The number of anilines is 1. The van der Waals surface area contributed by atoms with Gasteiger partial charge in [-0.2, -0.15) is 8.78 Å². The van der Waals surface area contributed by atoms with Crippen molar-refractivity contribution in [1.29, 1.82) is 0 Å². The second kappa shape index (κ2) is 7.70. The lowest BCUT2D eigenvalue weighted by atomic mass is 10.0. The van der Waals surface area contributed by atoms with Gasteiger partial charge in [0.05, 0.1) is 0 Å². The summed E-state index contributed by atoms with van der Waals surface area (Å²) in [6.07, 6.45) is 2.54. The number of pyridine rings is 1. The van der Waals surface area contributed by atoms with Crippen molar-refractivity contribution in [3.05, 3.63) is 53.7 Å². The summed E-state index contributed by atoms with van der Waals surface area (Å²) in [5.74, 6) is 0.649. The van der Waals surface area contributed by atoms with Crippen molar-refractivity contribution in [3.63, 3.8) is 0 Å². The lowest BCUT2D eigenvalue weighted by molar-refractivity contribution is -0.0498. The molecule has 6 heteroatoms. The largest absolute Gasteiger partial charge is 0.435 e. The van der Waals surface area contributed by atoms with E-state index in [0.717, 1.165) is 17.5 Å². The maximum Gasteiger partial charge on any atom is 0.387 e. The van der Waals surface area contributed by atoms with Crippen molar-refractivity contribution in [2.45, 2.75) is 32.5 Å². The molecular weight excluding hydrogens is 288 g/mol. The summed E-state index contributed by atoms with van der Waals surface area (Å²) in [6, 6.07) is 10.5. The first kappa shape index (κ1) is 16.2. The first-order valence-corrected chi connectivity index (χ1v) is 7.07. The van der Waals surface area contributed by atoms with Crippen LogP contribution < -0.4 is 15.8 Å². The summed E-state index contributed by atoms with van der Waals surface area (Å²) in [5, 5.41) is 3.42. The number of hydrogen-bond donors (Lipinski definition) is 2. The lowest BCUT2D eigenvalue weighted by Gasteiger charge is -2.18. The molecule has 1 aromatic heterocycles. The van der Waals surface area contributed by atoms with Gasteiger partial charge < -0.3 is 15.8 Å². The highest BCUT2D eigenvalue weighted by molar-refractivity contribution is 5.32. The predicted octanol–water partition coefficient (Wildman–Crippen LogP) is 3.51. The Morgan fingerprint density at radius 2 is 1.95 bits per heavy atom. The number of hydrogen-bond acceptors (Lipinski definition) is 4. The van der Waals surface area contributed by atoms with E-state index in [1.165, 1.54) is 0 Å². The van der Waals surface area contributed by atoms with Crippen LogP contribution in [0.4, 0.5) is 14.6 Å². The molecule has 0 aliphatic heterocycles. The number of halogens is 2. The Hall–Kier alpha value is -2.21. The average Bonchev–Trinajstić information content (AvgIpc) is 2.49. The van der Waals surface area contributed by atoms with Gasteiger partial charge in [0, 0.05) is 18.8 Å². The Morgan fingerprint density at radius 3 is 2.55 bits per heavy atom. The molecule has 1 atom stereocenters. The normalized spacial score (nSPS) is 12.4. The summed E-state index contributed by atoms with van der Waals surface area (Å²) < 4.78 is 28.6. The minimum Gasteiger partial charge on any atom is -0.435 e. The lowest BCUT2D eigenvalue weighted by Crippen LogP contribution is -2.20. The van der Waals surface area contributed by atoms with Crippen molar-refractivity contribution in [2.75, 3.05) is 5.73 Å². The van der Waals surface area contributed by atoms with E-state index < -0.39 is 6.61 Å². The summed E-state index contributed by atoms with van der Waals surface area (Å²) in [7, 11) is 0. The highest BCUT2D eigenvalue weighted by atomic mass is 19.3. The third-order valence-corrected chi connectivity index (χ3v) is 3.31. The fourth-order valence-corrected chi connectivity index (χ4v) is 2.22. The van der Waals surface area contributed by atoms with Gasteiger partial charge in [0.2, 0.25) is 0 Å². The monoisotopic (exact) mass is 307 g/mol. The quantitative estimate of drug-likeness (QED) is 0.822. The van der Waals surface area contributed by atoms with Crippen LogP contribution in [0, 0.1) is 0 Å². The molecule has 0 aliphatic rings. The fourth-order valence-electron chi connectivity index (χ4n) is 2.22. The Balaban J connectivity index is 1.98. The van der Waals surface area contributed by atoms with Gasteiger partial charge in [0.1, 0.15) is 11.6 Å². The molecule has 0 amide bonds. The van der Waals surface area contributed by atoms with E-state index in [4.69, 9.17) is 5.73 Å². The maximum atomic E-state index is 12.1. The van der Waals surface area contributed by atoms with Crippen LogP contribution >= 0.6 is 0 Å². The van der Waals surface area contributed by atoms with Gasteiger partial charge >= 0.3 is 6.61 Å². The van der Waals surface area contributed by atoms with Gasteiger partial charge in [0.15, 0.2) is 0 Å². The fraction of sp³-hybridized carbons (Fsp3) is 0.312. The molecule has 0 spiro atoms. The molecule has 0 saturated heterocycles. The highest BCUT2D eigenvalue weighted by Gasteiger charge is 2.10. The topological polar surface area (TPSA) is 60.2 Å². The van der Waals surface area contributed by atoms with Gasteiger partial charge in [0.25, 0.3) is 0 Å². The zero-order valence-electron chi connectivity index (χ0n) is 12.3. The van der Waals surface area contributed by atoms with Crippen molar-refractivity contribution < 1.29 is 13.5 Å². The van der Waals surface area contributed by atoms with E-state index in [9.17, 15) is 8.78 Å². The summed E-state index contributed by atoms with van der Waals surface area (Å²) in [4.78, 5) is 3.95. The molecule has 3 N–H and O–H groups in total. The van der Waals surface area contributed by atoms with Crippen molar-refractivity contribution in [1.82, 2.24) is 10.3 Å². The number of alkyl halides is 2. The molecule has 1 unspecified atom stereocenters. The predicted molar refractivity (Wildman–Crippen MR) is 81.6 cm³/mol. The Morgan fingerprint density at radius 1 is 1.23 bits per heavy atom. The second-order valence-electron chi connectivity index (χ2n) is 4.88. The third kappa shape index (κ3) is 4.66. The number of ether oxygens (including phenoxy) is 1. The number of aromatic nitrogens is 1. The number of benzene rings is 1. The zero-order valence-corrected chi connectivity index (χ0v) is 12.3. The van der Waals surface area contributed by atoms with Gasteiger partial charge in [-0.05, 0) is 41.8 Å². The van der Waals surface area contributed by atoms with E-state index in [-0.39, 0.29) is 11.8 Å². The summed E-state index contributed by atoms with van der Waals surface area (Å²) in [6.45, 7) is -0.0917. The molecule has 0 bridgehead atoms. The molecule has 22 heavy (non-hydrogen) atoms. The summed E-state index contributed by atoms with van der Waals surface area (Å²) >= 11 is 0. The molecule has 1 aromatic carbocycles. The smallest absolute Gasteiger partial charge is 0.387 e. The van der Waals surface area contributed by atoms with Crippen LogP contribution in [0.3, 0.4) is 0 Å². The SMILES string of the molecule is CCC(NCc1ccnc(N)c1)c1ccc(OC(F)F)cc1. The van der Waals surface area contributed by atoms with Crippen molar-refractivity contribution >= 4 is 5.82 Å². The minimum absolute atomic E-state index is 0.120. The number of nitrogens with two attached hydrogens (primary N) is 1. The third-order valence-electron chi connectivity index (χ3n) is 3.31. The van der Waals surface area contributed by atoms with Gasteiger partial charge in [-0.15, -0.1) is 0 Å². The maximum absolute atomic E-state index is 12.1. The number of nitrogen functional groups attached to an aromatic ring is 1. The standard InChI is InChI=1S/C16H19F2N3O/c1-2-14(21-10-11-7-8-20-15(19)9-11)12-3-5-13(6-4-12)22-16(17)18/h3-9,14,16,21H,2,10H2,1H3,(H2,19,20). The van der Waals surface area contributed by atoms with Crippen LogP contribution in [0.5, 0.6) is 5.75 Å². The van der Waals surface area contributed by atoms with Gasteiger partial charge in [-0.3, -0.25) is 0 Å². The minimum atomic E-state index is -2.80. The van der Waals surface area contributed by atoms with Crippen molar-refractivity contribution in [2.24, 2.45) is 0 Å². The van der Waals surface area contributed by atoms with Crippen molar-refractivity contribution in [3.8, 4) is 5.75 Å². The first-order valence-electron chi connectivity index (χ1n) is 7.07. The molecule has 0 aliphatic carbocycles. The van der Waals surface area contributed by atoms with Crippen LogP contribution in [-0.4, -0.2) is 11.6 Å². The van der Waals surface area contributed by atoms with E-state index in [1.54, 1.807) is 30.5 Å². The van der Waals surface area contributed by atoms with E-state index in [2.05, 4.69) is 22.0 Å². The Bertz CT molecular complexity index is 590. The molecule has 0 saturated carbocycles. The summed E-state index contributed by atoms with van der Waals surface area (Å²) in [5.41, 5.74) is 7.72. The molecule has 1 heterocycles. The van der Waals surface area contributed by atoms with Crippen LogP contribution in [0.2, 0.25) is 0 Å². The van der Waals surface area contributed by atoms with Crippen LogP contribution in [-0.2, 0) is 6.54 Å². The van der Waals surface area contributed by atoms with Gasteiger partial charge in [-0.25, -0.2) is 4.98 Å². The molecule has 4 nitrogen and oxygen atoms in total. The van der Waals surface area contributed by atoms with Crippen LogP contribution in [0.1, 0.15) is 30.5 Å². The molecular formula is C16H19F2N3O. The number of nitrogens with zero attached hydrogens (tertiary/aromatic N) is 1. The van der Waals surface area contributed by atoms with E-state index in [1.807, 2.05) is 12.1 Å². The van der Waals surface area contributed by atoms with Crippen LogP contribution in [0.15, 0.2) is 42.6 Å². The average molecular weight is 307 g/mol. The Kier molecular flexibility index (Phi) is 5.66. The van der Waals surface area contributed by atoms with Crippen LogP contribution in [0.25, 0.3) is 0 Å². The zero-order chi connectivity index (χ0) is 15.9. The molecule has 118 valence electrons. The van der Waals surface area contributed by atoms with E-state index >= 15 is 0 Å². The molecule has 2 aromatic rings. The highest BCUT2D eigenvalue weighted by Crippen LogP contribution is 2.21. The second-order valence-corrected chi connectivity index (χ2v) is 4.88. The molecule has 0 fully saturated rings.